The zero-order valence-corrected chi connectivity index (χ0v) is 17.0. The van der Waals surface area contributed by atoms with E-state index in [9.17, 15) is 5.26 Å². The summed E-state index contributed by atoms with van der Waals surface area (Å²) in [5.74, 6) is 0. The smallest absolute Gasteiger partial charge is 0.147 e. The van der Waals surface area contributed by atoms with Crippen LogP contribution in [-0.4, -0.2) is 61.4 Å². The van der Waals surface area contributed by atoms with Gasteiger partial charge in [0.05, 0.1) is 6.34 Å². The second-order valence-corrected chi connectivity index (χ2v) is 7.22. The van der Waals surface area contributed by atoms with Gasteiger partial charge in [-0.1, -0.05) is 29.9 Å². The molecule has 138 valence electrons. The predicted octanol–water partition coefficient (Wildman–Crippen LogP) is 3.57. The Morgan fingerprint density at radius 3 is 2.73 bits per heavy atom. The number of nitriles is 1. The molecule has 0 N–H and O–H groups in total. The SMILES string of the molecule is CC(=C(C#N)C(=S)N=CN(C)C)N1CCCN(c2cccc(Cl)c2)CC1. The van der Waals surface area contributed by atoms with Crippen LogP contribution < -0.4 is 4.90 Å². The average molecular weight is 390 g/mol. The molecule has 0 bridgehead atoms. The largest absolute Gasteiger partial charge is 0.372 e. The zero-order chi connectivity index (χ0) is 19.1. The van der Waals surface area contributed by atoms with Crippen molar-refractivity contribution in [3.8, 4) is 6.07 Å². The maximum atomic E-state index is 9.56. The Labute approximate surface area is 166 Å². The summed E-state index contributed by atoms with van der Waals surface area (Å²) >= 11 is 11.4. The third-order valence-electron chi connectivity index (χ3n) is 4.24. The van der Waals surface area contributed by atoms with Gasteiger partial charge in [0.25, 0.3) is 0 Å². The fraction of sp³-hybridized carbons (Fsp3) is 0.421. The molecule has 0 aromatic heterocycles. The number of rotatable bonds is 4. The van der Waals surface area contributed by atoms with Crippen LogP contribution in [0, 0.1) is 11.3 Å². The van der Waals surface area contributed by atoms with Gasteiger partial charge >= 0.3 is 0 Å². The molecular formula is C19H24ClN5S. The molecule has 1 aliphatic heterocycles. The first kappa shape index (κ1) is 20.2. The molecule has 1 heterocycles. The van der Waals surface area contributed by atoms with Gasteiger partial charge in [-0.05, 0) is 31.5 Å². The summed E-state index contributed by atoms with van der Waals surface area (Å²) in [4.78, 5) is 10.9. The summed E-state index contributed by atoms with van der Waals surface area (Å²) in [5, 5.41) is 10.3. The summed E-state index contributed by atoms with van der Waals surface area (Å²) in [7, 11) is 3.74. The molecule has 5 nitrogen and oxygen atoms in total. The van der Waals surface area contributed by atoms with Crippen LogP contribution >= 0.6 is 23.8 Å². The molecule has 0 aliphatic carbocycles. The number of aliphatic imine (C=N–C) groups is 1. The van der Waals surface area contributed by atoms with E-state index >= 15 is 0 Å². The van der Waals surface area contributed by atoms with E-state index in [1.807, 2.05) is 39.2 Å². The molecule has 0 spiro atoms. The van der Waals surface area contributed by atoms with Crippen molar-refractivity contribution in [2.45, 2.75) is 13.3 Å². The van der Waals surface area contributed by atoms with E-state index in [0.717, 1.165) is 49.0 Å². The Hall–Kier alpha value is -2.10. The molecule has 26 heavy (non-hydrogen) atoms. The minimum atomic E-state index is 0.328. The highest BCUT2D eigenvalue weighted by Crippen LogP contribution is 2.22. The minimum Gasteiger partial charge on any atom is -0.372 e. The highest BCUT2D eigenvalue weighted by atomic mass is 35.5. The minimum absolute atomic E-state index is 0.328. The molecular weight excluding hydrogens is 366 g/mol. The Kier molecular flexibility index (Phi) is 7.43. The molecule has 1 aromatic rings. The van der Waals surface area contributed by atoms with Crippen LogP contribution in [0.25, 0.3) is 0 Å². The molecule has 1 fully saturated rings. The predicted molar refractivity (Wildman–Crippen MR) is 113 cm³/mol. The normalized spacial score (nSPS) is 16.1. The Balaban J connectivity index is 2.13. The van der Waals surface area contributed by atoms with Crippen LogP contribution in [0.5, 0.6) is 0 Å². The first-order valence-corrected chi connectivity index (χ1v) is 9.32. The number of hydrogen-bond donors (Lipinski definition) is 0. The molecule has 1 aliphatic rings. The molecule has 0 unspecified atom stereocenters. The third kappa shape index (κ3) is 5.45. The van der Waals surface area contributed by atoms with Gasteiger partial charge in [-0.25, -0.2) is 4.99 Å². The van der Waals surface area contributed by atoms with Crippen LogP contribution in [0.4, 0.5) is 5.69 Å². The first-order chi connectivity index (χ1) is 12.4. The van der Waals surface area contributed by atoms with E-state index < -0.39 is 0 Å². The van der Waals surface area contributed by atoms with Crippen molar-refractivity contribution in [1.29, 1.82) is 5.26 Å². The fourth-order valence-corrected chi connectivity index (χ4v) is 3.28. The lowest BCUT2D eigenvalue weighted by Gasteiger charge is -2.26. The van der Waals surface area contributed by atoms with Crippen molar-refractivity contribution in [3.05, 3.63) is 40.6 Å². The molecule has 0 atom stereocenters. The van der Waals surface area contributed by atoms with Gasteiger partial charge < -0.3 is 14.7 Å². The van der Waals surface area contributed by atoms with Crippen molar-refractivity contribution >= 4 is 40.8 Å². The van der Waals surface area contributed by atoms with Crippen LogP contribution in [0.1, 0.15) is 13.3 Å². The number of halogens is 1. The van der Waals surface area contributed by atoms with E-state index in [1.165, 1.54) is 0 Å². The monoisotopic (exact) mass is 389 g/mol. The van der Waals surface area contributed by atoms with Gasteiger partial charge in [-0.3, -0.25) is 0 Å². The van der Waals surface area contributed by atoms with Gasteiger partial charge in [0.2, 0.25) is 0 Å². The number of thiocarbonyl (C=S) groups is 1. The fourth-order valence-electron chi connectivity index (χ4n) is 2.86. The van der Waals surface area contributed by atoms with Crippen molar-refractivity contribution in [2.75, 3.05) is 45.2 Å². The van der Waals surface area contributed by atoms with Gasteiger partial charge in [0, 0.05) is 56.7 Å². The van der Waals surface area contributed by atoms with Crippen LogP contribution in [0.15, 0.2) is 40.5 Å². The lowest BCUT2D eigenvalue weighted by molar-refractivity contribution is 0.369. The molecule has 7 heteroatoms. The molecule has 0 saturated carbocycles. The number of hydrogen-bond acceptors (Lipinski definition) is 4. The summed E-state index contributed by atoms with van der Waals surface area (Å²) in [5.41, 5.74) is 2.49. The van der Waals surface area contributed by atoms with E-state index in [0.29, 0.717) is 10.6 Å². The molecule has 2 rings (SSSR count). The number of allylic oxidation sites excluding steroid dienone is 1. The van der Waals surface area contributed by atoms with Crippen molar-refractivity contribution in [1.82, 2.24) is 9.80 Å². The summed E-state index contributed by atoms with van der Waals surface area (Å²) in [6.45, 7) is 5.47. The molecule has 0 radical (unpaired) electrons. The highest BCUT2D eigenvalue weighted by Gasteiger charge is 2.19. The maximum Gasteiger partial charge on any atom is 0.147 e. The first-order valence-electron chi connectivity index (χ1n) is 8.53. The van der Waals surface area contributed by atoms with E-state index in [4.69, 9.17) is 23.8 Å². The number of benzene rings is 1. The molecule has 0 amide bonds. The van der Waals surface area contributed by atoms with Crippen LogP contribution in [0.3, 0.4) is 0 Å². The standard InChI is InChI=1S/C19H24ClN5S/c1-15(18(13-21)19(26)22-14-23(2)3)24-8-5-9-25(11-10-24)17-7-4-6-16(20)12-17/h4,6-7,12,14H,5,8-11H2,1-3H3. The van der Waals surface area contributed by atoms with Gasteiger partial charge in [-0.15, -0.1) is 0 Å². The lowest BCUT2D eigenvalue weighted by atomic mass is 10.2. The number of nitrogens with zero attached hydrogens (tertiary/aromatic N) is 5. The van der Waals surface area contributed by atoms with Crippen molar-refractivity contribution in [3.63, 3.8) is 0 Å². The number of anilines is 1. The molecule has 1 aromatic carbocycles. The summed E-state index contributed by atoms with van der Waals surface area (Å²) in [6, 6.07) is 10.2. The topological polar surface area (TPSA) is 45.9 Å². The lowest BCUT2D eigenvalue weighted by Crippen LogP contribution is -2.30. The summed E-state index contributed by atoms with van der Waals surface area (Å²) < 4.78 is 0. The van der Waals surface area contributed by atoms with Crippen molar-refractivity contribution < 1.29 is 0 Å². The van der Waals surface area contributed by atoms with Crippen molar-refractivity contribution in [2.24, 2.45) is 4.99 Å². The van der Waals surface area contributed by atoms with Crippen LogP contribution in [0.2, 0.25) is 5.02 Å². The quantitative estimate of drug-likeness (QED) is 0.259. The Bertz CT molecular complexity index is 751. The van der Waals surface area contributed by atoms with E-state index in [-0.39, 0.29) is 0 Å². The second kappa shape index (κ2) is 9.56. The van der Waals surface area contributed by atoms with E-state index in [2.05, 4.69) is 26.9 Å². The zero-order valence-electron chi connectivity index (χ0n) is 15.4. The third-order valence-corrected chi connectivity index (χ3v) is 4.78. The Morgan fingerprint density at radius 1 is 1.31 bits per heavy atom. The van der Waals surface area contributed by atoms with E-state index in [1.54, 1.807) is 11.2 Å². The molecule has 1 saturated heterocycles. The highest BCUT2D eigenvalue weighted by molar-refractivity contribution is 7.80. The summed E-state index contributed by atoms with van der Waals surface area (Å²) in [6.07, 6.45) is 2.62. The van der Waals surface area contributed by atoms with Gasteiger partial charge in [0.15, 0.2) is 0 Å². The van der Waals surface area contributed by atoms with Crippen LogP contribution in [-0.2, 0) is 0 Å². The van der Waals surface area contributed by atoms with Gasteiger partial charge in [-0.2, -0.15) is 5.26 Å². The van der Waals surface area contributed by atoms with Gasteiger partial charge in [0.1, 0.15) is 16.6 Å². The average Bonchev–Trinajstić information content (AvgIpc) is 2.86. The second-order valence-electron chi connectivity index (χ2n) is 6.39. The Morgan fingerprint density at radius 2 is 2.08 bits per heavy atom. The maximum absolute atomic E-state index is 9.56.